The van der Waals surface area contributed by atoms with Crippen LogP contribution in [0.4, 0.5) is 0 Å². The molecular weight excluding hydrogens is 274 g/mol. The number of hydrogen-bond donors (Lipinski definition) is 1. The molecule has 0 amide bonds. The zero-order chi connectivity index (χ0) is 14.7. The fourth-order valence-corrected chi connectivity index (χ4v) is 3.97. The van der Waals surface area contributed by atoms with Crippen molar-refractivity contribution in [3.05, 3.63) is 47.7 Å². The lowest BCUT2D eigenvalue weighted by Crippen LogP contribution is -2.28. The minimum absolute atomic E-state index is 0.637. The number of rotatable bonds is 1. The Kier molecular flexibility index (Phi) is 2.44. The van der Waals surface area contributed by atoms with Gasteiger partial charge in [0, 0.05) is 25.5 Å². The van der Waals surface area contributed by atoms with Gasteiger partial charge in [-0.1, -0.05) is 0 Å². The molecular formula is C17H17N5. The van der Waals surface area contributed by atoms with Crippen LogP contribution < -0.4 is 5.32 Å². The first kappa shape index (κ1) is 12.3. The Morgan fingerprint density at radius 3 is 2.50 bits per heavy atom. The van der Waals surface area contributed by atoms with Gasteiger partial charge in [0.25, 0.3) is 0 Å². The van der Waals surface area contributed by atoms with E-state index < -0.39 is 0 Å². The van der Waals surface area contributed by atoms with Crippen LogP contribution in [0, 0.1) is 6.92 Å². The number of hydrogen-bond acceptors (Lipinski definition) is 4. The first-order valence-electron chi connectivity index (χ1n) is 7.81. The van der Waals surface area contributed by atoms with Gasteiger partial charge in [0.15, 0.2) is 5.82 Å². The summed E-state index contributed by atoms with van der Waals surface area (Å²) in [5.74, 6) is 2.15. The molecule has 5 rings (SSSR count). The van der Waals surface area contributed by atoms with E-state index in [1.807, 2.05) is 17.7 Å². The summed E-state index contributed by atoms with van der Waals surface area (Å²) in [5.41, 5.74) is 5.88. The molecule has 3 heterocycles. The zero-order valence-electron chi connectivity index (χ0n) is 12.5. The highest BCUT2D eigenvalue weighted by molar-refractivity contribution is 5.78. The number of piperidine rings is 1. The van der Waals surface area contributed by atoms with Gasteiger partial charge in [-0.05, 0) is 48.4 Å². The van der Waals surface area contributed by atoms with Gasteiger partial charge in [0.2, 0.25) is 0 Å². The average molecular weight is 291 g/mol. The van der Waals surface area contributed by atoms with Gasteiger partial charge in [-0.2, -0.15) is 0 Å². The van der Waals surface area contributed by atoms with Crippen LogP contribution in [0.25, 0.3) is 16.9 Å². The first-order valence-corrected chi connectivity index (χ1v) is 7.81. The van der Waals surface area contributed by atoms with Crippen molar-refractivity contribution in [1.29, 1.82) is 0 Å². The summed E-state index contributed by atoms with van der Waals surface area (Å²) in [5, 5.41) is 3.54. The second-order valence-corrected chi connectivity index (χ2v) is 6.36. The Labute approximate surface area is 128 Å². The highest BCUT2D eigenvalue weighted by Crippen LogP contribution is 2.44. The normalized spacial score (nSPS) is 23.0. The molecule has 5 nitrogen and oxygen atoms in total. The van der Waals surface area contributed by atoms with E-state index in [-0.39, 0.29) is 0 Å². The lowest BCUT2D eigenvalue weighted by Gasteiger charge is -2.19. The van der Waals surface area contributed by atoms with E-state index in [4.69, 9.17) is 9.97 Å². The van der Waals surface area contributed by atoms with Crippen LogP contribution in [-0.4, -0.2) is 32.6 Å². The molecule has 5 heteroatoms. The molecule has 2 atom stereocenters. The molecule has 1 aromatic carbocycles. The van der Waals surface area contributed by atoms with Crippen LogP contribution in [0.5, 0.6) is 0 Å². The van der Waals surface area contributed by atoms with Crippen LogP contribution >= 0.6 is 0 Å². The molecule has 2 aliphatic rings. The summed E-state index contributed by atoms with van der Waals surface area (Å²) in [6.07, 6.45) is 6.72. The van der Waals surface area contributed by atoms with Crippen molar-refractivity contribution in [2.45, 2.75) is 25.2 Å². The fraction of sp³-hybridized carbons (Fsp3) is 0.353. The number of nitrogens with zero attached hydrogens (tertiary/aromatic N) is 4. The van der Waals surface area contributed by atoms with Gasteiger partial charge in [0.1, 0.15) is 6.33 Å². The average Bonchev–Trinajstić information content (AvgIpc) is 3.14. The van der Waals surface area contributed by atoms with E-state index in [1.165, 1.54) is 17.5 Å². The smallest absolute Gasteiger partial charge is 0.160 e. The van der Waals surface area contributed by atoms with E-state index >= 15 is 0 Å². The fourth-order valence-electron chi connectivity index (χ4n) is 3.97. The summed E-state index contributed by atoms with van der Waals surface area (Å²) in [7, 11) is 0. The quantitative estimate of drug-likeness (QED) is 0.747. The third-order valence-corrected chi connectivity index (χ3v) is 5.00. The molecule has 22 heavy (non-hydrogen) atoms. The van der Waals surface area contributed by atoms with Crippen molar-refractivity contribution in [2.75, 3.05) is 13.1 Å². The predicted octanol–water partition coefficient (Wildman–Crippen LogP) is 2.30. The molecule has 0 spiro atoms. The van der Waals surface area contributed by atoms with Gasteiger partial charge in [-0.25, -0.2) is 15.0 Å². The Hall–Kier alpha value is -2.27. The number of benzene rings is 1. The molecule has 2 aromatic heterocycles. The zero-order valence-corrected chi connectivity index (χ0v) is 12.5. The maximum absolute atomic E-state index is 4.85. The van der Waals surface area contributed by atoms with Crippen molar-refractivity contribution in [3.63, 3.8) is 0 Å². The van der Waals surface area contributed by atoms with Gasteiger partial charge >= 0.3 is 0 Å². The SMILES string of the molecule is Cc1nc2cc3c(cc2nc1-n1ccnc1)C1CNCC3C1. The molecule has 2 unspecified atom stereocenters. The molecule has 1 fully saturated rings. The second kappa shape index (κ2) is 4.36. The van der Waals surface area contributed by atoms with Crippen molar-refractivity contribution >= 4 is 11.0 Å². The number of aryl methyl sites for hydroxylation is 1. The molecule has 1 aliphatic heterocycles. The Bertz CT molecular complexity index is 868. The Morgan fingerprint density at radius 1 is 1.09 bits per heavy atom. The van der Waals surface area contributed by atoms with Crippen LogP contribution in [0.15, 0.2) is 30.9 Å². The van der Waals surface area contributed by atoms with Crippen LogP contribution in [0.3, 0.4) is 0 Å². The summed E-state index contributed by atoms with van der Waals surface area (Å²) in [4.78, 5) is 13.7. The molecule has 1 aliphatic carbocycles. The lowest BCUT2D eigenvalue weighted by molar-refractivity contribution is 0.454. The van der Waals surface area contributed by atoms with Crippen LogP contribution in [0.1, 0.15) is 35.1 Å². The van der Waals surface area contributed by atoms with Gasteiger partial charge in [-0.15, -0.1) is 0 Å². The molecule has 2 bridgehead atoms. The standard InChI is InChI=1S/C17H17N5/c1-10-17(22-3-2-18-9-22)21-16-6-14-12-4-11(7-19-8-12)13(14)5-15(16)20-10/h2-3,5-6,9,11-12,19H,4,7-8H2,1H3. The van der Waals surface area contributed by atoms with E-state index in [2.05, 4.69) is 22.4 Å². The van der Waals surface area contributed by atoms with Crippen LogP contribution in [-0.2, 0) is 0 Å². The highest BCUT2D eigenvalue weighted by Gasteiger charge is 2.34. The third kappa shape index (κ3) is 1.66. The monoisotopic (exact) mass is 291 g/mol. The Morgan fingerprint density at radius 2 is 1.82 bits per heavy atom. The molecule has 1 saturated heterocycles. The van der Waals surface area contributed by atoms with Crippen molar-refractivity contribution in [1.82, 2.24) is 24.8 Å². The largest absolute Gasteiger partial charge is 0.316 e. The van der Waals surface area contributed by atoms with E-state index in [0.29, 0.717) is 11.8 Å². The summed E-state index contributed by atoms with van der Waals surface area (Å²) < 4.78 is 1.93. The van der Waals surface area contributed by atoms with E-state index in [0.717, 1.165) is 35.6 Å². The number of fused-ring (bicyclic) bond motifs is 6. The number of aromatic nitrogens is 4. The highest BCUT2D eigenvalue weighted by atomic mass is 15.1. The molecule has 0 saturated carbocycles. The second-order valence-electron chi connectivity index (χ2n) is 6.36. The molecule has 0 radical (unpaired) electrons. The van der Waals surface area contributed by atoms with E-state index in [1.54, 1.807) is 12.5 Å². The molecule has 1 N–H and O–H groups in total. The minimum Gasteiger partial charge on any atom is -0.316 e. The Balaban J connectivity index is 1.74. The summed E-state index contributed by atoms with van der Waals surface area (Å²) in [6, 6.07) is 4.52. The maximum atomic E-state index is 4.85. The van der Waals surface area contributed by atoms with Crippen molar-refractivity contribution in [2.24, 2.45) is 0 Å². The topological polar surface area (TPSA) is 55.6 Å². The van der Waals surface area contributed by atoms with Crippen molar-refractivity contribution < 1.29 is 0 Å². The number of imidazole rings is 1. The summed E-state index contributed by atoms with van der Waals surface area (Å²) >= 11 is 0. The lowest BCUT2D eigenvalue weighted by atomic mass is 9.98. The summed E-state index contributed by atoms with van der Waals surface area (Å²) in [6.45, 7) is 4.19. The van der Waals surface area contributed by atoms with Gasteiger partial charge < -0.3 is 5.32 Å². The first-order chi connectivity index (χ1) is 10.8. The third-order valence-electron chi connectivity index (χ3n) is 5.00. The molecule has 110 valence electrons. The minimum atomic E-state index is 0.637. The van der Waals surface area contributed by atoms with E-state index in [9.17, 15) is 0 Å². The predicted molar refractivity (Wildman–Crippen MR) is 84.4 cm³/mol. The van der Waals surface area contributed by atoms with Crippen LogP contribution in [0.2, 0.25) is 0 Å². The van der Waals surface area contributed by atoms with Gasteiger partial charge in [-0.3, -0.25) is 4.57 Å². The molecule has 3 aromatic rings. The van der Waals surface area contributed by atoms with Gasteiger partial charge in [0.05, 0.1) is 16.7 Å². The number of nitrogens with one attached hydrogen (secondary N) is 1. The van der Waals surface area contributed by atoms with Crippen molar-refractivity contribution in [3.8, 4) is 5.82 Å². The maximum Gasteiger partial charge on any atom is 0.160 e.